The molecule has 0 radical (unpaired) electrons. The minimum Gasteiger partial charge on any atom is -0.268 e. The van der Waals surface area contributed by atoms with Gasteiger partial charge in [0.2, 0.25) is 0 Å². The fraction of sp³-hybridized carbons (Fsp3) is 0.556. The molecule has 0 bridgehead atoms. The predicted octanol–water partition coefficient (Wildman–Crippen LogP) is 3.49. The van der Waals surface area contributed by atoms with Gasteiger partial charge in [0.15, 0.2) is 0 Å². The molecule has 0 aliphatic heterocycles. The topological polar surface area (TPSA) is 44.0 Å². The number of nitrogens with zero attached hydrogens (tertiary/aromatic N) is 2. The molecule has 1 rings (SSSR count). The Kier molecular flexibility index (Phi) is 5.29. The van der Waals surface area contributed by atoms with Crippen LogP contribution in [0.15, 0.2) is 14.1 Å². The predicted molar refractivity (Wildman–Crippen MR) is 81.1 cm³/mol. The Hall–Kier alpha value is 0.380. The normalized spacial score (nSPS) is 12.2. The minimum absolute atomic E-state index is 0.276. The summed E-state index contributed by atoms with van der Waals surface area (Å²) in [5.41, 5.74) is -0.515. The molecule has 0 aromatic carbocycles. The number of hydrogen-bond acceptors (Lipinski definition) is 3. The Bertz CT molecular complexity index is 577. The molecule has 0 fully saturated rings. The lowest BCUT2D eigenvalue weighted by molar-refractivity contribution is 0.535. The van der Waals surface area contributed by atoms with Crippen LogP contribution in [0.4, 0.5) is 0 Å². The summed E-state index contributed by atoms with van der Waals surface area (Å²) in [5, 5.41) is 0. The number of halogens is 4. The van der Waals surface area contributed by atoms with Gasteiger partial charge in [-0.05, 0) is 36.7 Å². The molecule has 102 valence electrons. The van der Waals surface area contributed by atoms with Gasteiger partial charge in [-0.3, -0.25) is 9.36 Å². The highest BCUT2D eigenvalue weighted by atomic mass is 79.9. The Balaban J connectivity index is 3.64. The van der Waals surface area contributed by atoms with Gasteiger partial charge in [-0.15, -0.1) is 0 Å². The maximum atomic E-state index is 12.2. The lowest BCUT2D eigenvalue weighted by atomic mass is 10.3. The summed E-state index contributed by atoms with van der Waals surface area (Å²) in [4.78, 5) is 24.2. The molecule has 0 aliphatic rings. The molecule has 0 aliphatic carbocycles. The van der Waals surface area contributed by atoms with E-state index in [0.717, 1.165) is 16.5 Å². The summed E-state index contributed by atoms with van der Waals surface area (Å²) < 4.78 is 0.879. The van der Waals surface area contributed by atoms with E-state index in [9.17, 15) is 9.59 Å². The van der Waals surface area contributed by atoms with Crippen molar-refractivity contribution < 1.29 is 0 Å². The van der Waals surface area contributed by atoms with Crippen molar-refractivity contribution in [1.29, 1.82) is 0 Å². The van der Waals surface area contributed by atoms with Crippen LogP contribution in [0.1, 0.15) is 25.6 Å². The quantitative estimate of drug-likeness (QED) is 0.719. The van der Waals surface area contributed by atoms with Crippen molar-refractivity contribution in [3.63, 3.8) is 0 Å². The second-order valence-electron chi connectivity index (χ2n) is 3.78. The van der Waals surface area contributed by atoms with E-state index in [1.165, 1.54) is 3.97 Å². The summed E-state index contributed by atoms with van der Waals surface area (Å²) in [6.45, 7) is 5.06. The van der Waals surface area contributed by atoms with E-state index < -0.39 is 14.4 Å². The highest BCUT2D eigenvalue weighted by Crippen LogP contribution is 2.39. The molecule has 0 spiro atoms. The zero-order valence-corrected chi connectivity index (χ0v) is 14.4. The van der Waals surface area contributed by atoms with E-state index in [0.29, 0.717) is 5.69 Å². The van der Waals surface area contributed by atoms with Crippen LogP contribution in [-0.2, 0) is 0 Å². The SMILES string of the molecule is Cc1c(Br)c(=O)n(C(C)C)c(=O)n1SC(Cl)(Cl)Cl. The first kappa shape index (κ1) is 16.4. The fourth-order valence-corrected chi connectivity index (χ4v) is 3.05. The minimum atomic E-state index is -1.69. The van der Waals surface area contributed by atoms with Crippen molar-refractivity contribution in [2.75, 3.05) is 0 Å². The maximum absolute atomic E-state index is 12.2. The van der Waals surface area contributed by atoms with Crippen molar-refractivity contribution in [2.45, 2.75) is 29.9 Å². The third kappa shape index (κ3) is 3.48. The largest absolute Gasteiger partial charge is 0.341 e. The van der Waals surface area contributed by atoms with Crippen molar-refractivity contribution in [1.82, 2.24) is 8.54 Å². The molecule has 9 heteroatoms. The van der Waals surface area contributed by atoms with Crippen LogP contribution in [0.25, 0.3) is 0 Å². The highest BCUT2D eigenvalue weighted by Gasteiger charge is 2.26. The maximum Gasteiger partial charge on any atom is 0.341 e. The molecule has 1 aromatic rings. The molecule has 0 unspecified atom stereocenters. The van der Waals surface area contributed by atoms with Gasteiger partial charge in [-0.25, -0.2) is 8.77 Å². The van der Waals surface area contributed by atoms with Gasteiger partial charge in [0.25, 0.3) is 8.68 Å². The summed E-state index contributed by atoms with van der Waals surface area (Å²) in [7, 11) is 0. The van der Waals surface area contributed by atoms with Gasteiger partial charge >= 0.3 is 5.69 Å². The zero-order chi connectivity index (χ0) is 14.2. The van der Waals surface area contributed by atoms with Crippen LogP contribution in [0.3, 0.4) is 0 Å². The Morgan fingerprint density at radius 1 is 1.28 bits per heavy atom. The van der Waals surface area contributed by atoms with Gasteiger partial charge in [0.05, 0.1) is 5.69 Å². The highest BCUT2D eigenvalue weighted by molar-refractivity contribution is 9.10. The van der Waals surface area contributed by atoms with Crippen LogP contribution in [-0.4, -0.2) is 11.7 Å². The van der Waals surface area contributed by atoms with Gasteiger partial charge in [0.1, 0.15) is 4.47 Å². The summed E-state index contributed by atoms with van der Waals surface area (Å²) in [6, 6.07) is -0.288. The Labute approximate surface area is 131 Å². The molecule has 0 saturated carbocycles. The first-order valence-electron chi connectivity index (χ1n) is 4.86. The molecule has 18 heavy (non-hydrogen) atoms. The zero-order valence-electron chi connectivity index (χ0n) is 9.71. The molecule has 1 aromatic heterocycles. The van der Waals surface area contributed by atoms with Crippen LogP contribution in [0.5, 0.6) is 0 Å². The van der Waals surface area contributed by atoms with Crippen LogP contribution in [0, 0.1) is 6.92 Å². The Morgan fingerprint density at radius 2 is 1.78 bits per heavy atom. The van der Waals surface area contributed by atoms with Gasteiger partial charge in [-0.2, -0.15) is 0 Å². The molecule has 1 heterocycles. The fourth-order valence-electron chi connectivity index (χ4n) is 1.34. The average Bonchev–Trinajstić information content (AvgIpc) is 2.20. The van der Waals surface area contributed by atoms with Gasteiger partial charge in [-0.1, -0.05) is 34.8 Å². The van der Waals surface area contributed by atoms with E-state index in [-0.39, 0.29) is 10.5 Å². The van der Waals surface area contributed by atoms with E-state index in [2.05, 4.69) is 15.9 Å². The number of aromatic nitrogens is 2. The van der Waals surface area contributed by atoms with Crippen LogP contribution >= 0.6 is 62.7 Å². The average molecular weight is 397 g/mol. The monoisotopic (exact) mass is 394 g/mol. The van der Waals surface area contributed by atoms with Crippen molar-refractivity contribution in [3.05, 3.63) is 31.0 Å². The molecule has 0 amide bonds. The Morgan fingerprint density at radius 3 is 2.17 bits per heavy atom. The molecule has 4 nitrogen and oxygen atoms in total. The van der Waals surface area contributed by atoms with E-state index >= 15 is 0 Å². The third-order valence-electron chi connectivity index (χ3n) is 2.12. The molecule has 0 N–H and O–H groups in total. The lowest BCUT2D eigenvalue weighted by Gasteiger charge is -2.18. The summed E-state index contributed by atoms with van der Waals surface area (Å²) >= 11 is 20.9. The standard InChI is InChI=1S/C9H10BrCl3N2O2S/c1-4(2)14-7(16)6(10)5(3)15(8(14)17)18-9(11,12)13/h4H,1-3H3. The number of alkyl halides is 3. The van der Waals surface area contributed by atoms with E-state index in [4.69, 9.17) is 34.8 Å². The molecular weight excluding hydrogens is 386 g/mol. The molecule has 0 saturated heterocycles. The first-order chi connectivity index (χ1) is 8.06. The first-order valence-corrected chi connectivity index (χ1v) is 7.56. The van der Waals surface area contributed by atoms with E-state index in [1.54, 1.807) is 20.8 Å². The third-order valence-corrected chi connectivity index (χ3v) is 4.47. The summed E-state index contributed by atoms with van der Waals surface area (Å²) in [5.74, 6) is 0. The van der Waals surface area contributed by atoms with E-state index in [1.807, 2.05) is 0 Å². The van der Waals surface area contributed by atoms with Crippen molar-refractivity contribution in [2.24, 2.45) is 0 Å². The van der Waals surface area contributed by atoms with Crippen molar-refractivity contribution in [3.8, 4) is 0 Å². The van der Waals surface area contributed by atoms with Crippen molar-refractivity contribution >= 4 is 62.7 Å². The van der Waals surface area contributed by atoms with Gasteiger partial charge < -0.3 is 0 Å². The number of rotatable bonds is 2. The molecular formula is C9H10BrCl3N2O2S. The van der Waals surface area contributed by atoms with Gasteiger partial charge in [0, 0.05) is 18.0 Å². The lowest BCUT2D eigenvalue weighted by Crippen LogP contribution is -2.41. The smallest absolute Gasteiger partial charge is 0.268 e. The summed E-state index contributed by atoms with van der Waals surface area (Å²) in [6.07, 6.45) is 0. The second-order valence-corrected chi connectivity index (χ2v) is 8.69. The van der Waals surface area contributed by atoms with Crippen LogP contribution in [0.2, 0.25) is 0 Å². The number of hydrogen-bond donors (Lipinski definition) is 0. The second kappa shape index (κ2) is 5.79. The molecule has 0 atom stereocenters. The van der Waals surface area contributed by atoms with Crippen LogP contribution < -0.4 is 11.2 Å².